The molecule has 20 rings (SSSR count). The van der Waals surface area contributed by atoms with Crippen molar-refractivity contribution in [3.8, 4) is 66.8 Å². The number of hydrogen-bond acceptors (Lipinski definition) is 0. The number of hydrogen-bond donors (Lipinski definition) is 0. The van der Waals surface area contributed by atoms with Gasteiger partial charge in [-0.2, -0.15) is 0 Å². The largest absolute Gasteiger partial charge is 0.0622 e. The topological polar surface area (TPSA) is 0 Å². The van der Waals surface area contributed by atoms with Gasteiger partial charge < -0.3 is 0 Å². The van der Waals surface area contributed by atoms with Crippen molar-refractivity contribution < 1.29 is 0 Å². The van der Waals surface area contributed by atoms with E-state index in [-0.39, 0.29) is 0 Å². The Morgan fingerprint density at radius 3 is 0.869 bits per heavy atom. The third kappa shape index (κ3) is 5.46. The van der Waals surface area contributed by atoms with Gasteiger partial charge in [-0.15, -0.1) is 0 Å². The normalized spacial score (nSPS) is 12.8. The molecule has 0 saturated carbocycles. The van der Waals surface area contributed by atoms with Crippen LogP contribution in [0.3, 0.4) is 0 Å². The van der Waals surface area contributed by atoms with Crippen LogP contribution >= 0.6 is 0 Å². The van der Waals surface area contributed by atoms with Crippen molar-refractivity contribution in [2.75, 3.05) is 0 Å². The van der Waals surface area contributed by atoms with Crippen molar-refractivity contribution in [1.29, 1.82) is 0 Å². The molecular weight excluding hydrogens is 1010 g/mol. The molecule has 0 amide bonds. The van der Waals surface area contributed by atoms with Crippen molar-refractivity contribution in [3.05, 3.63) is 253 Å². The molecular formula is C84H50. The van der Waals surface area contributed by atoms with E-state index in [1.807, 2.05) is 0 Å². The van der Waals surface area contributed by atoms with Gasteiger partial charge in [0.1, 0.15) is 0 Å². The lowest BCUT2D eigenvalue weighted by Crippen LogP contribution is -1.95. The van der Waals surface area contributed by atoms with E-state index in [9.17, 15) is 0 Å². The van der Waals surface area contributed by atoms with Crippen LogP contribution in [0.4, 0.5) is 0 Å². The first-order valence-electron chi connectivity index (χ1n) is 29.8. The van der Waals surface area contributed by atoms with Crippen LogP contribution in [0.2, 0.25) is 0 Å². The summed E-state index contributed by atoms with van der Waals surface area (Å²) in [5.41, 5.74) is 20.8. The molecule has 0 atom stereocenters. The molecule has 19 aromatic carbocycles. The van der Waals surface area contributed by atoms with Crippen molar-refractivity contribution in [1.82, 2.24) is 0 Å². The number of benzene rings is 17. The van der Waals surface area contributed by atoms with Crippen LogP contribution in [0, 0.1) is 27.7 Å². The third-order valence-electron chi connectivity index (χ3n) is 20.4. The van der Waals surface area contributed by atoms with E-state index < -0.39 is 0 Å². The van der Waals surface area contributed by atoms with E-state index in [0.29, 0.717) is 0 Å². The molecule has 0 aromatic heterocycles. The molecule has 1 aliphatic rings. The van der Waals surface area contributed by atoms with Crippen LogP contribution in [0.5, 0.6) is 0 Å². The van der Waals surface area contributed by atoms with E-state index in [4.69, 9.17) is 0 Å². The molecule has 0 N–H and O–H groups in total. The average molecular weight is 1060 g/mol. The van der Waals surface area contributed by atoms with Gasteiger partial charge in [0, 0.05) is 0 Å². The van der Waals surface area contributed by atoms with Gasteiger partial charge in [0.2, 0.25) is 0 Å². The van der Waals surface area contributed by atoms with Crippen LogP contribution in [-0.2, 0) is 0 Å². The van der Waals surface area contributed by atoms with Gasteiger partial charge in [-0.05, 0) is 246 Å². The highest BCUT2D eigenvalue weighted by molar-refractivity contribution is 6.51. The Morgan fingerprint density at radius 2 is 0.488 bits per heavy atom. The maximum atomic E-state index is 2.49. The summed E-state index contributed by atoms with van der Waals surface area (Å²) in [6, 6.07) is 89.5. The Bertz CT molecular complexity index is 5760. The monoisotopic (exact) mass is 1060 g/mol. The maximum Gasteiger partial charge on any atom is -0.000717 e. The minimum absolute atomic E-state index is 1.25. The third-order valence-corrected chi connectivity index (χ3v) is 20.4. The predicted octanol–water partition coefficient (Wildman–Crippen LogP) is 24.0. The van der Waals surface area contributed by atoms with E-state index in [1.54, 1.807) is 0 Å². The van der Waals surface area contributed by atoms with Crippen molar-refractivity contribution in [2.24, 2.45) is 0 Å². The molecule has 0 aliphatic heterocycles. The minimum atomic E-state index is 1.25. The summed E-state index contributed by atoms with van der Waals surface area (Å²) in [6.07, 6.45) is 0. The van der Waals surface area contributed by atoms with Gasteiger partial charge in [0.15, 0.2) is 0 Å². The first-order valence-corrected chi connectivity index (χ1v) is 29.8. The van der Waals surface area contributed by atoms with Crippen LogP contribution in [0.15, 0.2) is 231 Å². The van der Waals surface area contributed by atoms with Crippen LogP contribution in [0.1, 0.15) is 22.3 Å². The second-order valence-electron chi connectivity index (χ2n) is 24.6. The van der Waals surface area contributed by atoms with Crippen molar-refractivity contribution in [3.63, 3.8) is 0 Å². The highest BCUT2D eigenvalue weighted by Gasteiger charge is 2.34. The lowest BCUT2D eigenvalue weighted by Gasteiger charge is -2.21. The predicted molar refractivity (Wildman–Crippen MR) is 364 cm³/mol. The molecule has 0 radical (unpaired) electrons. The van der Waals surface area contributed by atoms with E-state index in [2.05, 4.69) is 258 Å². The molecule has 0 nitrogen and oxygen atoms in total. The van der Waals surface area contributed by atoms with E-state index in [1.165, 1.54) is 229 Å². The smallest absolute Gasteiger partial charge is 0.000717 e. The molecule has 0 bridgehead atoms. The Morgan fingerprint density at radius 1 is 0.179 bits per heavy atom. The average Bonchev–Trinajstić information content (AvgIpc) is 2.71. The van der Waals surface area contributed by atoms with Gasteiger partial charge in [-0.1, -0.05) is 242 Å². The summed E-state index contributed by atoms with van der Waals surface area (Å²) < 4.78 is 0. The standard InChI is InChI=1S/C84H50/c1-43-21-25-50(26-22-43)71-81-60-19-11-17-47-18-12-20-61(68(47)60)82(81)72(51-27-23-44(2)24-28-51)84-65-40-36-59-55-32-30-53-57-34-38-63-77-62(37-33-56(75(57)77)52-29-31-54(74(55)73(52)53)58-35-39-64(83(71)84)78(65)76(58)59)79-69(48-13-7-5-8-14-48)66-41-45(3)46(4)42-67(66)70(80(63)79)49-15-9-6-10-16-49/h5-42H,1-4H3. The fourth-order valence-electron chi connectivity index (χ4n) is 16.8. The summed E-state index contributed by atoms with van der Waals surface area (Å²) in [6.45, 7) is 8.94. The zero-order valence-corrected chi connectivity index (χ0v) is 46.9. The van der Waals surface area contributed by atoms with Crippen LogP contribution in [-0.4, -0.2) is 0 Å². The Hall–Kier alpha value is -10.4. The second-order valence-corrected chi connectivity index (χ2v) is 24.6. The van der Waals surface area contributed by atoms with Gasteiger partial charge in [-0.25, -0.2) is 0 Å². The van der Waals surface area contributed by atoms with Crippen molar-refractivity contribution >= 4 is 140 Å². The van der Waals surface area contributed by atoms with Gasteiger partial charge >= 0.3 is 0 Å². The molecule has 1 aliphatic carbocycles. The zero-order chi connectivity index (χ0) is 55.1. The lowest BCUT2D eigenvalue weighted by molar-refractivity contribution is 1.37. The first kappa shape index (κ1) is 45.2. The highest BCUT2D eigenvalue weighted by atomic mass is 14.4. The summed E-state index contributed by atoms with van der Waals surface area (Å²) in [5.74, 6) is 0. The fraction of sp³-hybridized carbons (Fsp3) is 0.0476. The van der Waals surface area contributed by atoms with E-state index >= 15 is 0 Å². The van der Waals surface area contributed by atoms with Crippen molar-refractivity contribution in [2.45, 2.75) is 27.7 Å². The summed E-state index contributed by atoms with van der Waals surface area (Å²) >= 11 is 0. The Labute approximate surface area is 484 Å². The maximum absolute atomic E-state index is 2.49. The van der Waals surface area contributed by atoms with Crippen LogP contribution in [0.25, 0.3) is 207 Å². The molecule has 386 valence electrons. The molecule has 0 saturated heterocycles. The minimum Gasteiger partial charge on any atom is -0.0622 e. The number of rotatable bonds is 4. The van der Waals surface area contributed by atoms with E-state index in [0.717, 1.165) is 0 Å². The van der Waals surface area contributed by atoms with Gasteiger partial charge in [-0.3, -0.25) is 0 Å². The molecule has 19 aromatic rings. The zero-order valence-electron chi connectivity index (χ0n) is 46.9. The molecule has 0 heteroatoms. The molecule has 84 heavy (non-hydrogen) atoms. The SMILES string of the molecule is Cc1ccc(-c2c3c4cccc5cccc(c3c(-c3ccc(C)cc3)c3c6ccc7c8ccc9c%10ccc%11c%12c(ccc(c%13ccc(c%14ccc(c23)c6c%147)c8c%139)c%12%10)-c2c-%11c(-c3ccccc3)c3cc(C)c(C)cc3c2-c2ccccc2)c54)cc1. The summed E-state index contributed by atoms with van der Waals surface area (Å²) in [5, 5.41) is 34.7. The molecule has 0 unspecified atom stereocenters. The summed E-state index contributed by atoms with van der Waals surface area (Å²) in [7, 11) is 0. The molecule has 0 spiro atoms. The highest BCUT2D eigenvalue weighted by Crippen LogP contribution is 2.62. The van der Waals surface area contributed by atoms with Gasteiger partial charge in [0.05, 0.1) is 0 Å². The Kier molecular flexibility index (Phi) is 8.50. The second kappa shape index (κ2) is 15.8. The van der Waals surface area contributed by atoms with Crippen LogP contribution < -0.4 is 0 Å². The Balaban J connectivity index is 0.908. The quantitative estimate of drug-likeness (QED) is 0.122. The number of fused-ring (bicyclic) bond motifs is 14. The molecule has 0 heterocycles. The fourth-order valence-corrected chi connectivity index (χ4v) is 16.8. The lowest BCUT2D eigenvalue weighted by atomic mass is 9.81. The first-order chi connectivity index (χ1) is 41.4. The van der Waals surface area contributed by atoms with Gasteiger partial charge in [0.25, 0.3) is 0 Å². The number of aryl methyl sites for hydroxylation is 4. The summed E-state index contributed by atoms with van der Waals surface area (Å²) in [4.78, 5) is 0. The molecule has 0 fully saturated rings.